The molecule has 7 aromatic rings. The summed E-state index contributed by atoms with van der Waals surface area (Å²) in [5, 5.41) is 4.87. The largest absolute Gasteiger partial charge is 0.376 e. The monoisotopic (exact) mass is 617 g/mol. The highest BCUT2D eigenvalue weighted by atomic mass is 15.4. The van der Waals surface area contributed by atoms with E-state index in [1.165, 1.54) is 67.3 Å². The minimum Gasteiger partial charge on any atom is -0.376 e. The molecule has 0 bridgehead atoms. The number of anilines is 6. The van der Waals surface area contributed by atoms with Crippen molar-refractivity contribution in [3.05, 3.63) is 157 Å². The van der Waals surface area contributed by atoms with Crippen LogP contribution in [0.3, 0.4) is 0 Å². The van der Waals surface area contributed by atoms with E-state index < -0.39 is 0 Å². The van der Waals surface area contributed by atoms with Gasteiger partial charge in [-0.1, -0.05) is 78.9 Å². The maximum Gasteiger partial charge on any atom is 0.329 e. The van der Waals surface area contributed by atoms with Crippen LogP contribution in [-0.2, 0) is 0 Å². The molecule has 1 aromatic heterocycles. The minimum absolute atomic E-state index is 0.0141. The van der Waals surface area contributed by atoms with Crippen molar-refractivity contribution in [3.63, 3.8) is 0 Å². The summed E-state index contributed by atoms with van der Waals surface area (Å²) in [6, 6.07) is 53.3. The molecule has 0 amide bonds. The number of hydrogen-bond donors (Lipinski definition) is 0. The number of hydrogen-bond acceptors (Lipinski definition) is 4. The van der Waals surface area contributed by atoms with Crippen LogP contribution in [0.25, 0.3) is 27.9 Å². The standard InChI is InChI=1S/C42H32BN5/c1-28-24-29(2)48(44-28)32-21-23-34-36-15-7-9-17-40(36)47-39-16-8-6-14-35(39)33-22-20-31(25-37(33)43(47)38(34)26-32)46-27-45(30-12-4-3-5-13-30)41-18-10-11-19-42(41)46/h3-26H,27H2,1-2H3. The average Bonchev–Trinajstić information content (AvgIpc) is 3.70. The van der Waals surface area contributed by atoms with E-state index in [0.29, 0.717) is 0 Å². The van der Waals surface area contributed by atoms with Gasteiger partial charge in [-0.05, 0) is 103 Å². The second-order valence-corrected chi connectivity index (χ2v) is 13.0. The molecule has 6 aromatic carbocycles. The first-order chi connectivity index (χ1) is 23.6. The maximum absolute atomic E-state index is 4.87. The van der Waals surface area contributed by atoms with Crippen molar-refractivity contribution in [3.8, 4) is 27.9 Å². The Kier molecular flexibility index (Phi) is 5.79. The normalized spacial score (nSPS) is 13.8. The number of para-hydroxylation sites is 5. The van der Waals surface area contributed by atoms with Crippen molar-refractivity contribution < 1.29 is 0 Å². The van der Waals surface area contributed by atoms with Gasteiger partial charge in [0.2, 0.25) is 0 Å². The van der Waals surface area contributed by atoms with Crippen LogP contribution >= 0.6 is 0 Å². The molecule has 0 saturated heterocycles. The average molecular weight is 618 g/mol. The lowest BCUT2D eigenvalue weighted by Crippen LogP contribution is -2.59. The van der Waals surface area contributed by atoms with Gasteiger partial charge in [0.1, 0.15) is 6.67 Å². The highest BCUT2D eigenvalue weighted by Crippen LogP contribution is 2.48. The SMILES string of the molecule is Cc1cc(C)n(-c2ccc3c(c2)B2c4cc(N5CN(c6ccccc6)c6ccccc65)ccc4-c4ccccc4N2c2ccccc2-3)n1. The molecular weight excluding hydrogens is 585 g/mol. The van der Waals surface area contributed by atoms with Gasteiger partial charge in [-0.2, -0.15) is 5.10 Å². The van der Waals surface area contributed by atoms with E-state index in [4.69, 9.17) is 5.10 Å². The highest BCUT2D eigenvalue weighted by Gasteiger charge is 2.43. The third-order valence-corrected chi connectivity index (χ3v) is 10.2. The highest BCUT2D eigenvalue weighted by molar-refractivity contribution is 6.92. The topological polar surface area (TPSA) is 27.5 Å². The van der Waals surface area contributed by atoms with E-state index in [2.05, 4.69) is 179 Å². The zero-order valence-electron chi connectivity index (χ0n) is 26.9. The van der Waals surface area contributed by atoms with Crippen LogP contribution in [0.2, 0.25) is 0 Å². The Morgan fingerprint density at radius 3 is 1.60 bits per heavy atom. The maximum atomic E-state index is 4.87. The van der Waals surface area contributed by atoms with Crippen molar-refractivity contribution >= 4 is 51.9 Å². The summed E-state index contributed by atoms with van der Waals surface area (Å²) in [5.41, 5.74) is 18.2. The van der Waals surface area contributed by atoms with Gasteiger partial charge in [-0.25, -0.2) is 4.68 Å². The Labute approximate surface area is 281 Å². The Morgan fingerprint density at radius 1 is 0.479 bits per heavy atom. The van der Waals surface area contributed by atoms with Crippen molar-refractivity contribution in [1.82, 2.24) is 9.78 Å². The lowest BCUT2D eigenvalue weighted by atomic mass is 9.43. The van der Waals surface area contributed by atoms with Crippen molar-refractivity contribution in [2.24, 2.45) is 0 Å². The molecule has 0 radical (unpaired) electrons. The second-order valence-electron chi connectivity index (χ2n) is 13.0. The molecule has 0 saturated carbocycles. The van der Waals surface area contributed by atoms with Gasteiger partial charge in [-0.15, -0.1) is 0 Å². The fourth-order valence-corrected chi connectivity index (χ4v) is 8.17. The van der Waals surface area contributed by atoms with Crippen LogP contribution in [0.1, 0.15) is 11.4 Å². The van der Waals surface area contributed by atoms with Crippen LogP contribution in [0, 0.1) is 13.8 Å². The predicted molar refractivity (Wildman–Crippen MR) is 200 cm³/mol. The fraction of sp³-hybridized carbons (Fsp3) is 0.0714. The van der Waals surface area contributed by atoms with Crippen LogP contribution in [0.4, 0.5) is 34.1 Å². The lowest BCUT2D eigenvalue weighted by Gasteiger charge is -2.43. The first-order valence-corrected chi connectivity index (χ1v) is 16.6. The molecule has 3 aliphatic heterocycles. The van der Waals surface area contributed by atoms with Gasteiger partial charge < -0.3 is 14.6 Å². The molecule has 10 rings (SSSR count). The van der Waals surface area contributed by atoms with E-state index in [9.17, 15) is 0 Å². The van der Waals surface area contributed by atoms with Crippen molar-refractivity contribution in [2.45, 2.75) is 13.8 Å². The molecule has 4 heterocycles. The van der Waals surface area contributed by atoms with Crippen molar-refractivity contribution in [1.29, 1.82) is 0 Å². The molecule has 0 aliphatic carbocycles. The van der Waals surface area contributed by atoms with Gasteiger partial charge in [-0.3, -0.25) is 0 Å². The fourth-order valence-electron chi connectivity index (χ4n) is 8.17. The first kappa shape index (κ1) is 27.1. The molecular formula is C42H32BN5. The van der Waals surface area contributed by atoms with E-state index in [1.54, 1.807) is 0 Å². The minimum atomic E-state index is -0.0141. The Balaban J connectivity index is 1.20. The number of aromatic nitrogens is 2. The molecule has 6 heteroatoms. The van der Waals surface area contributed by atoms with E-state index in [1.807, 2.05) is 0 Å². The van der Waals surface area contributed by atoms with Gasteiger partial charge in [0, 0.05) is 39.6 Å². The third-order valence-electron chi connectivity index (χ3n) is 10.2. The Morgan fingerprint density at radius 2 is 1.00 bits per heavy atom. The molecule has 0 N–H and O–H groups in total. The zero-order chi connectivity index (χ0) is 31.9. The predicted octanol–water partition coefficient (Wildman–Crippen LogP) is 8.64. The molecule has 0 atom stereocenters. The van der Waals surface area contributed by atoms with Gasteiger partial charge in [0.25, 0.3) is 0 Å². The molecule has 3 aliphatic rings. The number of aryl methyl sites for hydroxylation is 2. The van der Waals surface area contributed by atoms with Gasteiger partial charge in [0.15, 0.2) is 0 Å². The van der Waals surface area contributed by atoms with Crippen LogP contribution in [-0.4, -0.2) is 23.3 Å². The molecule has 0 fully saturated rings. The summed E-state index contributed by atoms with van der Waals surface area (Å²) in [4.78, 5) is 7.43. The van der Waals surface area contributed by atoms with E-state index >= 15 is 0 Å². The van der Waals surface area contributed by atoms with E-state index in [-0.39, 0.29) is 6.85 Å². The van der Waals surface area contributed by atoms with Crippen LogP contribution < -0.4 is 25.5 Å². The first-order valence-electron chi connectivity index (χ1n) is 16.6. The number of benzene rings is 6. The molecule has 0 unspecified atom stereocenters. The zero-order valence-corrected chi connectivity index (χ0v) is 26.9. The van der Waals surface area contributed by atoms with Gasteiger partial charge >= 0.3 is 6.85 Å². The molecule has 228 valence electrons. The smallest absolute Gasteiger partial charge is 0.329 e. The van der Waals surface area contributed by atoms with Crippen LogP contribution in [0.15, 0.2) is 146 Å². The quantitative estimate of drug-likeness (QED) is 0.186. The molecule has 48 heavy (non-hydrogen) atoms. The van der Waals surface area contributed by atoms with E-state index in [0.717, 1.165) is 23.7 Å². The molecule has 0 spiro atoms. The van der Waals surface area contributed by atoms with Gasteiger partial charge in [0.05, 0.1) is 22.8 Å². The number of fused-ring (bicyclic) bond motifs is 12. The summed E-state index contributed by atoms with van der Waals surface area (Å²) in [5.74, 6) is 0. The number of nitrogens with zero attached hydrogens (tertiary/aromatic N) is 5. The number of rotatable bonds is 3. The lowest BCUT2D eigenvalue weighted by molar-refractivity contribution is 0.834. The van der Waals surface area contributed by atoms with Crippen LogP contribution in [0.5, 0.6) is 0 Å². The summed E-state index contributed by atoms with van der Waals surface area (Å²) in [6.07, 6.45) is 0. The second kappa shape index (κ2) is 10.2. The molecule has 5 nitrogen and oxygen atoms in total. The summed E-state index contributed by atoms with van der Waals surface area (Å²) in [7, 11) is 0. The third kappa shape index (κ3) is 3.89. The summed E-state index contributed by atoms with van der Waals surface area (Å²) < 4.78 is 2.08. The Hall–Kier alpha value is -6.01. The Bertz CT molecular complexity index is 2400. The summed E-state index contributed by atoms with van der Waals surface area (Å²) in [6.45, 7) is 4.92. The van der Waals surface area contributed by atoms with Crippen molar-refractivity contribution in [2.75, 3.05) is 21.3 Å². The summed E-state index contributed by atoms with van der Waals surface area (Å²) >= 11 is 0.